The fourth-order valence-electron chi connectivity index (χ4n) is 2.37. The largest absolute Gasteiger partial charge is 0.497 e. The second kappa shape index (κ2) is 6.35. The van der Waals surface area contributed by atoms with Crippen LogP contribution < -0.4 is 14.8 Å². The van der Waals surface area contributed by atoms with E-state index < -0.39 is 5.54 Å². The number of rotatable bonds is 7. The fourth-order valence-corrected chi connectivity index (χ4v) is 2.37. The Balaban J connectivity index is 2.41. The number of ether oxygens (including phenoxy) is 3. The topological polar surface area (TPSA) is 56.8 Å². The zero-order valence-electron chi connectivity index (χ0n) is 13.1. The first-order chi connectivity index (χ1) is 10.0. The van der Waals surface area contributed by atoms with Crippen molar-refractivity contribution in [2.24, 2.45) is 0 Å². The highest BCUT2D eigenvalue weighted by Crippen LogP contribution is 2.36. The maximum atomic E-state index is 12.5. The molecule has 0 amide bonds. The molecule has 5 nitrogen and oxygen atoms in total. The van der Waals surface area contributed by atoms with E-state index in [1.165, 1.54) is 0 Å². The van der Waals surface area contributed by atoms with Crippen LogP contribution in [-0.4, -0.2) is 32.8 Å². The number of esters is 1. The summed E-state index contributed by atoms with van der Waals surface area (Å²) in [6.45, 7) is 3.99. The Labute approximate surface area is 125 Å². The van der Waals surface area contributed by atoms with E-state index in [0.717, 1.165) is 18.4 Å². The van der Waals surface area contributed by atoms with Crippen molar-refractivity contribution in [3.05, 3.63) is 23.8 Å². The summed E-state index contributed by atoms with van der Waals surface area (Å²) >= 11 is 0. The summed E-state index contributed by atoms with van der Waals surface area (Å²) in [5, 5.41) is 3.39. The molecule has 1 aromatic rings. The summed E-state index contributed by atoms with van der Waals surface area (Å²) in [6, 6.07) is 5.81. The average molecular weight is 293 g/mol. The summed E-state index contributed by atoms with van der Waals surface area (Å²) < 4.78 is 15.9. The summed E-state index contributed by atoms with van der Waals surface area (Å²) in [7, 11) is 3.18. The monoisotopic (exact) mass is 293 g/mol. The highest BCUT2D eigenvalue weighted by Gasteiger charge is 2.43. The van der Waals surface area contributed by atoms with Crippen molar-refractivity contribution in [3.63, 3.8) is 0 Å². The molecule has 0 aromatic heterocycles. The number of benzene rings is 1. The Hall–Kier alpha value is -1.75. The number of methoxy groups -OCH3 is 2. The van der Waals surface area contributed by atoms with E-state index in [1.54, 1.807) is 27.2 Å². The third-order valence-corrected chi connectivity index (χ3v) is 3.70. The molecule has 1 aromatic carbocycles. The van der Waals surface area contributed by atoms with Gasteiger partial charge in [0, 0.05) is 17.7 Å². The van der Waals surface area contributed by atoms with Crippen LogP contribution in [0.3, 0.4) is 0 Å². The van der Waals surface area contributed by atoms with E-state index >= 15 is 0 Å². The third-order valence-electron chi connectivity index (χ3n) is 3.70. The van der Waals surface area contributed by atoms with Crippen LogP contribution in [0, 0.1) is 0 Å². The molecule has 1 unspecified atom stereocenters. The van der Waals surface area contributed by atoms with Crippen LogP contribution in [-0.2, 0) is 15.1 Å². The molecule has 21 heavy (non-hydrogen) atoms. The third kappa shape index (κ3) is 3.29. The Morgan fingerprint density at radius 1 is 1.33 bits per heavy atom. The van der Waals surface area contributed by atoms with Gasteiger partial charge < -0.3 is 14.2 Å². The van der Waals surface area contributed by atoms with Gasteiger partial charge in [-0.25, -0.2) is 4.79 Å². The van der Waals surface area contributed by atoms with Gasteiger partial charge in [-0.15, -0.1) is 0 Å². The predicted molar refractivity (Wildman–Crippen MR) is 79.7 cm³/mol. The molecule has 1 fully saturated rings. The van der Waals surface area contributed by atoms with Crippen LogP contribution in [0.15, 0.2) is 18.2 Å². The first kappa shape index (κ1) is 15.6. The standard InChI is InChI=1S/C16H23NO4/c1-5-21-15(18)16(2,17-11-6-7-11)13-9-8-12(19-3)10-14(13)20-4/h8-11,17H,5-7H2,1-4H3. The van der Waals surface area contributed by atoms with Crippen LogP contribution >= 0.6 is 0 Å². The minimum Gasteiger partial charge on any atom is -0.497 e. The normalized spacial score (nSPS) is 17.0. The maximum absolute atomic E-state index is 12.5. The van der Waals surface area contributed by atoms with Crippen LogP contribution in [0.5, 0.6) is 11.5 Å². The molecule has 116 valence electrons. The lowest BCUT2D eigenvalue weighted by atomic mass is 9.90. The van der Waals surface area contributed by atoms with Gasteiger partial charge in [-0.3, -0.25) is 5.32 Å². The van der Waals surface area contributed by atoms with Crippen molar-refractivity contribution in [3.8, 4) is 11.5 Å². The van der Waals surface area contributed by atoms with Gasteiger partial charge in [-0.2, -0.15) is 0 Å². The Morgan fingerprint density at radius 2 is 2.05 bits per heavy atom. The predicted octanol–water partition coefficient (Wildman–Crippen LogP) is 2.23. The van der Waals surface area contributed by atoms with Gasteiger partial charge in [0.05, 0.1) is 20.8 Å². The van der Waals surface area contributed by atoms with Crippen LogP contribution in [0.25, 0.3) is 0 Å². The highest BCUT2D eigenvalue weighted by molar-refractivity contribution is 5.83. The number of carbonyl (C=O) groups excluding carboxylic acids is 1. The number of hydrogen-bond donors (Lipinski definition) is 1. The average Bonchev–Trinajstić information content (AvgIpc) is 3.30. The number of hydrogen-bond acceptors (Lipinski definition) is 5. The van der Waals surface area contributed by atoms with E-state index in [-0.39, 0.29) is 5.97 Å². The van der Waals surface area contributed by atoms with E-state index in [9.17, 15) is 4.79 Å². The number of nitrogens with one attached hydrogen (secondary N) is 1. The van der Waals surface area contributed by atoms with Crippen LogP contribution in [0.1, 0.15) is 32.3 Å². The molecule has 1 aliphatic rings. The van der Waals surface area contributed by atoms with Crippen molar-refractivity contribution in [2.75, 3.05) is 20.8 Å². The summed E-state index contributed by atoms with van der Waals surface area (Å²) in [5.74, 6) is 1.01. The first-order valence-corrected chi connectivity index (χ1v) is 7.22. The summed E-state index contributed by atoms with van der Waals surface area (Å²) in [6.07, 6.45) is 2.15. The van der Waals surface area contributed by atoms with Gasteiger partial charge in [-0.1, -0.05) is 0 Å². The lowest BCUT2D eigenvalue weighted by Crippen LogP contribution is -2.49. The molecular formula is C16H23NO4. The smallest absolute Gasteiger partial charge is 0.330 e. The molecule has 1 N–H and O–H groups in total. The zero-order chi connectivity index (χ0) is 15.5. The molecule has 1 aliphatic carbocycles. The van der Waals surface area contributed by atoms with E-state index in [4.69, 9.17) is 14.2 Å². The van der Waals surface area contributed by atoms with Crippen molar-refractivity contribution in [2.45, 2.75) is 38.3 Å². The fraction of sp³-hybridized carbons (Fsp3) is 0.562. The second-order valence-electron chi connectivity index (χ2n) is 5.33. The van der Waals surface area contributed by atoms with E-state index in [0.29, 0.717) is 24.1 Å². The van der Waals surface area contributed by atoms with Crippen molar-refractivity contribution in [1.82, 2.24) is 5.32 Å². The van der Waals surface area contributed by atoms with Gasteiger partial charge >= 0.3 is 5.97 Å². The molecule has 1 atom stereocenters. The second-order valence-corrected chi connectivity index (χ2v) is 5.33. The molecule has 0 bridgehead atoms. The van der Waals surface area contributed by atoms with Gasteiger partial charge in [0.15, 0.2) is 0 Å². The summed E-state index contributed by atoms with van der Waals surface area (Å²) in [5.41, 5.74) is -0.162. The molecule has 5 heteroatoms. The SMILES string of the molecule is CCOC(=O)C(C)(NC1CC1)c1ccc(OC)cc1OC. The molecule has 0 heterocycles. The molecule has 0 radical (unpaired) electrons. The van der Waals surface area contributed by atoms with Crippen molar-refractivity contribution < 1.29 is 19.0 Å². The van der Waals surface area contributed by atoms with Crippen LogP contribution in [0.2, 0.25) is 0 Å². The van der Waals surface area contributed by atoms with E-state index in [2.05, 4.69) is 5.32 Å². The Bertz CT molecular complexity index is 513. The maximum Gasteiger partial charge on any atom is 0.330 e. The minimum atomic E-state index is -0.922. The van der Waals surface area contributed by atoms with E-state index in [1.807, 2.05) is 19.1 Å². The lowest BCUT2D eigenvalue weighted by Gasteiger charge is -2.30. The quantitative estimate of drug-likeness (QED) is 0.781. The zero-order valence-corrected chi connectivity index (χ0v) is 13.1. The van der Waals surface area contributed by atoms with Crippen molar-refractivity contribution in [1.29, 1.82) is 0 Å². The Morgan fingerprint density at radius 3 is 2.57 bits per heavy atom. The first-order valence-electron chi connectivity index (χ1n) is 7.22. The molecular weight excluding hydrogens is 270 g/mol. The van der Waals surface area contributed by atoms with Gasteiger partial charge in [0.2, 0.25) is 0 Å². The summed E-state index contributed by atoms with van der Waals surface area (Å²) in [4.78, 5) is 12.5. The van der Waals surface area contributed by atoms with Gasteiger partial charge in [0.1, 0.15) is 17.0 Å². The molecule has 0 aliphatic heterocycles. The number of carbonyl (C=O) groups is 1. The molecule has 2 rings (SSSR count). The molecule has 0 spiro atoms. The molecule has 1 saturated carbocycles. The van der Waals surface area contributed by atoms with Gasteiger partial charge in [0.25, 0.3) is 0 Å². The minimum absolute atomic E-state index is 0.291. The highest BCUT2D eigenvalue weighted by atomic mass is 16.5. The lowest BCUT2D eigenvalue weighted by molar-refractivity contribution is -0.151. The van der Waals surface area contributed by atoms with Gasteiger partial charge in [-0.05, 0) is 38.8 Å². The molecule has 0 saturated heterocycles. The van der Waals surface area contributed by atoms with Crippen LogP contribution in [0.4, 0.5) is 0 Å². The van der Waals surface area contributed by atoms with Crippen molar-refractivity contribution >= 4 is 5.97 Å². The Kier molecular flexibility index (Phi) is 4.73.